The highest BCUT2D eigenvalue weighted by molar-refractivity contribution is 4.93. The third-order valence-corrected chi connectivity index (χ3v) is 1.85. The minimum atomic E-state index is 0.185. The van der Waals surface area contributed by atoms with E-state index in [1.165, 1.54) is 0 Å². The Bertz CT molecular complexity index is 194. The Labute approximate surface area is 72.0 Å². The maximum absolute atomic E-state index is 8.87. The van der Waals surface area contributed by atoms with E-state index in [1.54, 1.807) is 12.5 Å². The largest absolute Gasteiger partial charge is 0.395 e. The predicted octanol–water partition coefficient (Wildman–Crippen LogP) is 0.270. The molecule has 0 saturated carbocycles. The first-order chi connectivity index (χ1) is 5.86. The van der Waals surface area contributed by atoms with Crippen molar-refractivity contribution < 1.29 is 5.11 Å². The van der Waals surface area contributed by atoms with Crippen LogP contribution in [-0.2, 0) is 6.54 Å². The van der Waals surface area contributed by atoms with Crippen LogP contribution in [0.1, 0.15) is 19.0 Å². The van der Waals surface area contributed by atoms with Gasteiger partial charge >= 0.3 is 0 Å². The number of aromatic amines is 1. The smallest absolute Gasteiger partial charge is 0.0922 e. The van der Waals surface area contributed by atoms with E-state index in [2.05, 4.69) is 15.3 Å². The number of rotatable bonds is 5. The summed E-state index contributed by atoms with van der Waals surface area (Å²) in [4.78, 5) is 6.88. The molecule has 0 spiro atoms. The van der Waals surface area contributed by atoms with E-state index in [0.717, 1.165) is 18.7 Å². The summed E-state index contributed by atoms with van der Waals surface area (Å²) in [6.45, 7) is 2.96. The second-order valence-electron chi connectivity index (χ2n) is 2.75. The van der Waals surface area contributed by atoms with E-state index in [0.29, 0.717) is 0 Å². The monoisotopic (exact) mass is 169 g/mol. The van der Waals surface area contributed by atoms with Gasteiger partial charge in [-0.05, 0) is 6.42 Å². The van der Waals surface area contributed by atoms with Crippen molar-refractivity contribution in [3.63, 3.8) is 0 Å². The van der Waals surface area contributed by atoms with Crippen LogP contribution in [0.25, 0.3) is 0 Å². The number of nitrogens with zero attached hydrogens (tertiary/aromatic N) is 1. The molecule has 1 rings (SSSR count). The lowest BCUT2D eigenvalue weighted by atomic mass is 10.2. The Morgan fingerprint density at radius 3 is 3.08 bits per heavy atom. The number of H-pyrrole nitrogens is 1. The molecule has 0 amide bonds. The average molecular weight is 169 g/mol. The van der Waals surface area contributed by atoms with Crippen LogP contribution in [0.2, 0.25) is 0 Å². The minimum Gasteiger partial charge on any atom is -0.395 e. The summed E-state index contributed by atoms with van der Waals surface area (Å²) in [5.74, 6) is 0. The van der Waals surface area contributed by atoms with Crippen molar-refractivity contribution in [2.45, 2.75) is 25.9 Å². The lowest BCUT2D eigenvalue weighted by Gasteiger charge is -2.12. The van der Waals surface area contributed by atoms with Crippen molar-refractivity contribution in [2.24, 2.45) is 0 Å². The van der Waals surface area contributed by atoms with Crippen LogP contribution in [0.5, 0.6) is 0 Å². The molecule has 0 aliphatic rings. The van der Waals surface area contributed by atoms with Gasteiger partial charge in [-0.3, -0.25) is 0 Å². The van der Waals surface area contributed by atoms with Crippen molar-refractivity contribution in [1.82, 2.24) is 15.3 Å². The normalized spacial score (nSPS) is 13.2. The number of hydrogen-bond donors (Lipinski definition) is 3. The lowest BCUT2D eigenvalue weighted by molar-refractivity contribution is 0.238. The zero-order valence-corrected chi connectivity index (χ0v) is 7.25. The van der Waals surface area contributed by atoms with Crippen LogP contribution in [0, 0.1) is 0 Å². The van der Waals surface area contributed by atoms with Crippen LogP contribution >= 0.6 is 0 Å². The number of aliphatic hydroxyl groups is 1. The molecule has 68 valence electrons. The third-order valence-electron chi connectivity index (χ3n) is 1.85. The molecule has 4 nitrogen and oxygen atoms in total. The van der Waals surface area contributed by atoms with Crippen molar-refractivity contribution in [3.8, 4) is 0 Å². The van der Waals surface area contributed by atoms with Crippen molar-refractivity contribution in [1.29, 1.82) is 0 Å². The zero-order chi connectivity index (χ0) is 8.81. The molecule has 1 aromatic heterocycles. The molecule has 3 N–H and O–H groups in total. The lowest BCUT2D eigenvalue weighted by Crippen LogP contribution is -2.31. The molecule has 0 aromatic carbocycles. The molecule has 4 heteroatoms. The number of aliphatic hydroxyl groups excluding tert-OH is 1. The van der Waals surface area contributed by atoms with E-state index < -0.39 is 0 Å². The summed E-state index contributed by atoms with van der Waals surface area (Å²) in [5, 5.41) is 12.1. The molecule has 0 aliphatic carbocycles. The highest BCUT2D eigenvalue weighted by atomic mass is 16.3. The van der Waals surface area contributed by atoms with Crippen LogP contribution < -0.4 is 5.32 Å². The molecular weight excluding hydrogens is 154 g/mol. The van der Waals surface area contributed by atoms with Gasteiger partial charge in [-0.25, -0.2) is 4.98 Å². The Balaban J connectivity index is 2.25. The fourth-order valence-corrected chi connectivity index (χ4v) is 0.974. The Morgan fingerprint density at radius 2 is 2.58 bits per heavy atom. The fourth-order valence-electron chi connectivity index (χ4n) is 0.974. The number of imidazole rings is 1. The quantitative estimate of drug-likeness (QED) is 0.593. The van der Waals surface area contributed by atoms with Crippen LogP contribution in [0.4, 0.5) is 0 Å². The summed E-state index contributed by atoms with van der Waals surface area (Å²) >= 11 is 0. The molecule has 1 aromatic rings. The van der Waals surface area contributed by atoms with Crippen LogP contribution in [0.15, 0.2) is 12.5 Å². The number of aromatic nitrogens is 2. The summed E-state index contributed by atoms with van der Waals surface area (Å²) in [7, 11) is 0. The SMILES string of the molecule is CCC(CO)NCc1cnc[nH]1. The first-order valence-electron chi connectivity index (χ1n) is 4.18. The van der Waals surface area contributed by atoms with E-state index in [-0.39, 0.29) is 12.6 Å². The van der Waals surface area contributed by atoms with Gasteiger partial charge in [-0.1, -0.05) is 6.92 Å². The van der Waals surface area contributed by atoms with Gasteiger partial charge in [0.15, 0.2) is 0 Å². The molecule has 0 radical (unpaired) electrons. The minimum absolute atomic E-state index is 0.185. The second kappa shape index (κ2) is 4.90. The molecule has 1 heterocycles. The Hall–Kier alpha value is -0.870. The maximum atomic E-state index is 8.87. The van der Waals surface area contributed by atoms with Crippen LogP contribution in [0.3, 0.4) is 0 Å². The third kappa shape index (κ3) is 2.64. The summed E-state index contributed by atoms with van der Waals surface area (Å²) < 4.78 is 0. The van der Waals surface area contributed by atoms with Crippen molar-refractivity contribution in [3.05, 3.63) is 18.2 Å². The molecule has 0 fully saturated rings. The molecule has 1 unspecified atom stereocenters. The molecule has 0 aliphatic heterocycles. The van der Waals surface area contributed by atoms with Gasteiger partial charge in [-0.2, -0.15) is 0 Å². The molecule has 0 saturated heterocycles. The Morgan fingerprint density at radius 1 is 1.75 bits per heavy atom. The number of hydrogen-bond acceptors (Lipinski definition) is 3. The van der Waals surface area contributed by atoms with Gasteiger partial charge < -0.3 is 15.4 Å². The Kier molecular flexibility index (Phi) is 3.76. The summed E-state index contributed by atoms with van der Waals surface area (Å²) in [5.41, 5.74) is 1.04. The molecule has 12 heavy (non-hydrogen) atoms. The number of nitrogens with one attached hydrogen (secondary N) is 2. The summed E-state index contributed by atoms with van der Waals surface area (Å²) in [6.07, 6.45) is 4.36. The van der Waals surface area contributed by atoms with Crippen molar-refractivity contribution in [2.75, 3.05) is 6.61 Å². The predicted molar refractivity (Wildman–Crippen MR) is 46.6 cm³/mol. The van der Waals surface area contributed by atoms with Gasteiger partial charge in [0.05, 0.1) is 12.9 Å². The van der Waals surface area contributed by atoms with Crippen LogP contribution in [-0.4, -0.2) is 27.7 Å². The zero-order valence-electron chi connectivity index (χ0n) is 7.25. The van der Waals surface area contributed by atoms with Gasteiger partial charge in [0, 0.05) is 24.5 Å². The first kappa shape index (κ1) is 9.22. The first-order valence-corrected chi connectivity index (χ1v) is 4.18. The molecular formula is C8H15N3O. The fraction of sp³-hybridized carbons (Fsp3) is 0.625. The van der Waals surface area contributed by atoms with Gasteiger partial charge in [0.1, 0.15) is 0 Å². The van der Waals surface area contributed by atoms with E-state index in [1.807, 2.05) is 6.92 Å². The van der Waals surface area contributed by atoms with Gasteiger partial charge in [0.25, 0.3) is 0 Å². The van der Waals surface area contributed by atoms with Gasteiger partial charge in [0.2, 0.25) is 0 Å². The maximum Gasteiger partial charge on any atom is 0.0922 e. The summed E-state index contributed by atoms with van der Waals surface area (Å²) in [6, 6.07) is 0.188. The van der Waals surface area contributed by atoms with E-state index in [9.17, 15) is 0 Å². The standard InChI is InChI=1S/C8H15N3O/c1-2-7(5-12)10-4-8-3-9-6-11-8/h3,6-7,10,12H,2,4-5H2,1H3,(H,9,11). The molecule has 1 atom stereocenters. The topological polar surface area (TPSA) is 60.9 Å². The second-order valence-corrected chi connectivity index (χ2v) is 2.75. The van der Waals surface area contributed by atoms with Crippen molar-refractivity contribution >= 4 is 0 Å². The highest BCUT2D eigenvalue weighted by Gasteiger charge is 2.02. The highest BCUT2D eigenvalue weighted by Crippen LogP contribution is 1.93. The van der Waals surface area contributed by atoms with Gasteiger partial charge in [-0.15, -0.1) is 0 Å². The van der Waals surface area contributed by atoms with E-state index in [4.69, 9.17) is 5.11 Å². The average Bonchev–Trinajstić information content (AvgIpc) is 2.59. The molecule has 0 bridgehead atoms. The van der Waals surface area contributed by atoms with E-state index >= 15 is 0 Å².